The number of hydrogen-bond acceptors (Lipinski definition) is 3. The number of nitrogens with zero attached hydrogens (tertiary/aromatic N) is 1. The van der Waals surface area contributed by atoms with Crippen molar-refractivity contribution >= 4 is 11.8 Å². The summed E-state index contributed by atoms with van der Waals surface area (Å²) < 4.78 is 0. The quantitative estimate of drug-likeness (QED) is 0.538. The van der Waals surface area contributed by atoms with E-state index in [4.69, 9.17) is 10.4 Å². The van der Waals surface area contributed by atoms with E-state index >= 15 is 0 Å². The first-order chi connectivity index (χ1) is 3.31. The van der Waals surface area contributed by atoms with E-state index in [0.717, 1.165) is 0 Å². The molecule has 1 atom stereocenters. The third-order valence-electron chi connectivity index (χ3n) is 0.538. The second kappa shape index (κ2) is 3.97. The summed E-state index contributed by atoms with van der Waals surface area (Å²) in [7, 11) is 0. The van der Waals surface area contributed by atoms with Crippen LogP contribution in [0.3, 0.4) is 0 Å². The molecule has 0 saturated carbocycles. The van der Waals surface area contributed by atoms with Crippen LogP contribution in [0.4, 0.5) is 0 Å². The second-order valence-electron chi connectivity index (χ2n) is 1.05. The first-order valence-corrected chi connectivity index (χ1v) is 3.18. The van der Waals surface area contributed by atoms with E-state index < -0.39 is 5.44 Å². The number of nitriles is 1. The minimum Gasteiger partial charge on any atom is -0.381 e. The molecular formula is C4H7NOS. The van der Waals surface area contributed by atoms with E-state index in [0.29, 0.717) is 0 Å². The Balaban J connectivity index is 3.03. The van der Waals surface area contributed by atoms with Crippen molar-refractivity contribution in [2.45, 2.75) is 11.9 Å². The van der Waals surface area contributed by atoms with Crippen LogP contribution in [0.15, 0.2) is 0 Å². The fourth-order valence-electron chi connectivity index (χ4n) is 0.161. The maximum atomic E-state index is 8.60. The summed E-state index contributed by atoms with van der Waals surface area (Å²) >= 11 is 1.28. The summed E-state index contributed by atoms with van der Waals surface area (Å²) in [6.07, 6.45) is 1.99. The monoisotopic (exact) mass is 117 g/mol. The molecule has 0 fully saturated rings. The Morgan fingerprint density at radius 1 is 2.00 bits per heavy atom. The van der Waals surface area contributed by atoms with E-state index in [1.165, 1.54) is 11.8 Å². The van der Waals surface area contributed by atoms with Crippen LogP contribution in [0.5, 0.6) is 0 Å². The SMILES string of the molecule is CSC(O)CC#N. The van der Waals surface area contributed by atoms with Crippen LogP contribution in [0.2, 0.25) is 0 Å². The Labute approximate surface area is 47.1 Å². The third kappa shape index (κ3) is 3.64. The molecule has 0 amide bonds. The molecule has 0 saturated heterocycles. The first-order valence-electron chi connectivity index (χ1n) is 1.89. The van der Waals surface area contributed by atoms with Crippen molar-refractivity contribution in [3.8, 4) is 6.07 Å². The van der Waals surface area contributed by atoms with Gasteiger partial charge >= 0.3 is 0 Å². The molecule has 0 spiro atoms. The van der Waals surface area contributed by atoms with E-state index in [9.17, 15) is 0 Å². The predicted octanol–water partition coefficient (Wildman–Crippen LogP) is 0.581. The Kier molecular flexibility index (Phi) is 3.86. The van der Waals surface area contributed by atoms with Crippen molar-refractivity contribution in [2.24, 2.45) is 0 Å². The van der Waals surface area contributed by atoms with E-state index in [2.05, 4.69) is 0 Å². The maximum absolute atomic E-state index is 8.60. The van der Waals surface area contributed by atoms with Crippen LogP contribution in [-0.2, 0) is 0 Å². The molecule has 0 heterocycles. The Bertz CT molecular complexity index is 78.2. The van der Waals surface area contributed by atoms with Crippen molar-refractivity contribution in [2.75, 3.05) is 6.26 Å². The van der Waals surface area contributed by atoms with Crippen LogP contribution in [0.25, 0.3) is 0 Å². The zero-order chi connectivity index (χ0) is 5.70. The Hall–Kier alpha value is -0.200. The lowest BCUT2D eigenvalue weighted by molar-refractivity contribution is 0.269. The molecule has 0 rings (SSSR count). The van der Waals surface area contributed by atoms with Crippen molar-refractivity contribution in [3.05, 3.63) is 0 Å². The molecule has 0 aromatic carbocycles. The third-order valence-corrected chi connectivity index (χ3v) is 1.25. The zero-order valence-electron chi connectivity index (χ0n) is 4.09. The summed E-state index contributed by atoms with van der Waals surface area (Å²) in [4.78, 5) is 0. The molecule has 0 aliphatic carbocycles. The molecule has 7 heavy (non-hydrogen) atoms. The summed E-state index contributed by atoms with van der Waals surface area (Å²) in [5.74, 6) is 0. The molecule has 0 aliphatic heterocycles. The largest absolute Gasteiger partial charge is 0.381 e. The molecule has 1 unspecified atom stereocenters. The Morgan fingerprint density at radius 3 is 2.71 bits per heavy atom. The van der Waals surface area contributed by atoms with Gasteiger partial charge in [-0.3, -0.25) is 0 Å². The highest BCUT2D eigenvalue weighted by Crippen LogP contribution is 2.03. The molecule has 3 heteroatoms. The molecular weight excluding hydrogens is 110 g/mol. The molecule has 0 radical (unpaired) electrons. The predicted molar refractivity (Wildman–Crippen MR) is 29.8 cm³/mol. The molecule has 40 valence electrons. The topological polar surface area (TPSA) is 44.0 Å². The van der Waals surface area contributed by atoms with Crippen LogP contribution >= 0.6 is 11.8 Å². The van der Waals surface area contributed by atoms with Gasteiger partial charge in [0.25, 0.3) is 0 Å². The second-order valence-corrected chi connectivity index (χ2v) is 2.07. The van der Waals surface area contributed by atoms with Crippen molar-refractivity contribution in [1.29, 1.82) is 5.26 Å². The highest BCUT2D eigenvalue weighted by atomic mass is 32.2. The number of thioether (sulfide) groups is 1. The number of aliphatic hydroxyl groups excluding tert-OH is 1. The van der Waals surface area contributed by atoms with Gasteiger partial charge in [0, 0.05) is 0 Å². The van der Waals surface area contributed by atoms with Gasteiger partial charge < -0.3 is 5.11 Å². The van der Waals surface area contributed by atoms with E-state index in [1.807, 2.05) is 6.07 Å². The van der Waals surface area contributed by atoms with Gasteiger partial charge in [0.2, 0.25) is 0 Å². The van der Waals surface area contributed by atoms with Gasteiger partial charge in [0.05, 0.1) is 12.5 Å². The molecule has 0 bridgehead atoms. The average molecular weight is 117 g/mol. The first kappa shape index (κ1) is 6.80. The standard InChI is InChI=1S/C4H7NOS/c1-7-4(6)2-3-5/h4,6H,2H2,1H3. The fourth-order valence-corrected chi connectivity index (χ4v) is 0.403. The zero-order valence-corrected chi connectivity index (χ0v) is 4.90. The lowest BCUT2D eigenvalue weighted by atomic mass is 10.5. The summed E-state index contributed by atoms with van der Waals surface area (Å²) in [6.45, 7) is 0. The number of aliphatic hydroxyl groups is 1. The normalized spacial score (nSPS) is 12.7. The maximum Gasteiger partial charge on any atom is 0.112 e. The van der Waals surface area contributed by atoms with Crippen LogP contribution < -0.4 is 0 Å². The summed E-state index contributed by atoms with van der Waals surface area (Å²) in [5, 5.41) is 16.5. The van der Waals surface area contributed by atoms with Crippen LogP contribution in [0, 0.1) is 11.3 Å². The molecule has 2 nitrogen and oxygen atoms in total. The minimum atomic E-state index is -0.495. The highest BCUT2D eigenvalue weighted by Gasteiger charge is 1.95. The molecule has 0 aliphatic rings. The van der Waals surface area contributed by atoms with Gasteiger partial charge in [-0.25, -0.2) is 0 Å². The van der Waals surface area contributed by atoms with E-state index in [-0.39, 0.29) is 6.42 Å². The van der Waals surface area contributed by atoms with Gasteiger partial charge in [-0.05, 0) is 6.26 Å². The van der Waals surface area contributed by atoms with Gasteiger partial charge in [0.1, 0.15) is 5.44 Å². The highest BCUT2D eigenvalue weighted by molar-refractivity contribution is 7.99. The van der Waals surface area contributed by atoms with Gasteiger partial charge in [-0.15, -0.1) is 11.8 Å². The minimum absolute atomic E-state index is 0.223. The van der Waals surface area contributed by atoms with Gasteiger partial charge in [-0.2, -0.15) is 5.26 Å². The van der Waals surface area contributed by atoms with Crippen LogP contribution in [-0.4, -0.2) is 16.8 Å². The fraction of sp³-hybridized carbons (Fsp3) is 0.750. The Morgan fingerprint density at radius 2 is 2.57 bits per heavy atom. The number of hydrogen-bond donors (Lipinski definition) is 1. The summed E-state index contributed by atoms with van der Waals surface area (Å²) in [6, 6.07) is 1.85. The van der Waals surface area contributed by atoms with Gasteiger partial charge in [0.15, 0.2) is 0 Å². The van der Waals surface area contributed by atoms with E-state index in [1.54, 1.807) is 6.26 Å². The molecule has 0 aromatic heterocycles. The molecule has 1 N–H and O–H groups in total. The van der Waals surface area contributed by atoms with Crippen molar-refractivity contribution in [3.63, 3.8) is 0 Å². The smallest absolute Gasteiger partial charge is 0.112 e. The summed E-state index contributed by atoms with van der Waals surface area (Å²) in [5.41, 5.74) is -0.495. The van der Waals surface area contributed by atoms with Crippen molar-refractivity contribution in [1.82, 2.24) is 0 Å². The van der Waals surface area contributed by atoms with Gasteiger partial charge in [-0.1, -0.05) is 0 Å². The molecule has 0 aromatic rings. The van der Waals surface area contributed by atoms with Crippen LogP contribution in [0.1, 0.15) is 6.42 Å². The average Bonchev–Trinajstić information content (AvgIpc) is 1.68. The number of rotatable bonds is 2. The van der Waals surface area contributed by atoms with Crippen molar-refractivity contribution < 1.29 is 5.11 Å². The lowest BCUT2D eigenvalue weighted by Crippen LogP contribution is -1.95. The lowest BCUT2D eigenvalue weighted by Gasteiger charge is -1.96.